The molecule has 17 heavy (non-hydrogen) atoms. The van der Waals surface area contributed by atoms with Crippen LogP contribution in [0.2, 0.25) is 0 Å². The van der Waals surface area contributed by atoms with Crippen LogP contribution in [0.5, 0.6) is 5.75 Å². The third-order valence-electron chi connectivity index (χ3n) is 1.80. The van der Waals surface area contributed by atoms with E-state index in [1.54, 1.807) is 6.07 Å². The zero-order valence-electron chi connectivity index (χ0n) is 8.26. The van der Waals surface area contributed by atoms with Crippen molar-refractivity contribution in [2.45, 2.75) is 11.0 Å². The van der Waals surface area contributed by atoms with Crippen molar-refractivity contribution in [2.24, 2.45) is 0 Å². The van der Waals surface area contributed by atoms with Crippen molar-refractivity contribution >= 4 is 15.9 Å². The molecule has 1 rings (SSSR count). The summed E-state index contributed by atoms with van der Waals surface area (Å²) in [5, 5.41) is 8.46. The molecule has 0 spiro atoms. The van der Waals surface area contributed by atoms with Crippen LogP contribution in [-0.2, 0) is 0 Å². The molecule has 0 N–H and O–H groups in total. The Bertz CT molecular complexity index is 441. The lowest BCUT2D eigenvalue weighted by atomic mass is 10.2. The van der Waals surface area contributed by atoms with Gasteiger partial charge in [0.25, 0.3) is 0 Å². The lowest BCUT2D eigenvalue weighted by Crippen LogP contribution is -2.29. The van der Waals surface area contributed by atoms with E-state index in [0.717, 1.165) is 12.1 Å². The van der Waals surface area contributed by atoms with Gasteiger partial charge < -0.3 is 4.74 Å². The van der Waals surface area contributed by atoms with E-state index in [-0.39, 0.29) is 11.3 Å². The fraction of sp³-hybridized carbons (Fsp3) is 0.300. The topological polar surface area (TPSA) is 33.0 Å². The van der Waals surface area contributed by atoms with Crippen molar-refractivity contribution in [3.05, 3.63) is 29.6 Å². The summed E-state index contributed by atoms with van der Waals surface area (Å²) < 4.78 is 54.2. The van der Waals surface area contributed by atoms with Gasteiger partial charge in [0.1, 0.15) is 11.4 Å². The molecule has 7 heteroatoms. The molecule has 0 radical (unpaired) electrons. The summed E-state index contributed by atoms with van der Waals surface area (Å²) in [7, 11) is 0. The van der Waals surface area contributed by atoms with Crippen LogP contribution in [0.4, 0.5) is 17.6 Å². The number of nitriles is 1. The Morgan fingerprint density at radius 1 is 1.41 bits per heavy atom. The fourth-order valence-corrected chi connectivity index (χ4v) is 1.08. The van der Waals surface area contributed by atoms with Crippen LogP contribution in [0.15, 0.2) is 18.2 Å². The average molecular weight is 312 g/mol. The largest absolute Gasteiger partial charge is 0.489 e. The van der Waals surface area contributed by atoms with Gasteiger partial charge in [0.15, 0.2) is 11.6 Å². The summed E-state index contributed by atoms with van der Waals surface area (Å²) in [5.74, 6) is -1.19. The molecule has 0 heterocycles. The second-order valence-electron chi connectivity index (χ2n) is 3.08. The van der Waals surface area contributed by atoms with Crippen molar-refractivity contribution in [3.63, 3.8) is 0 Å². The Morgan fingerprint density at radius 3 is 2.53 bits per heavy atom. The molecule has 0 amide bonds. The van der Waals surface area contributed by atoms with Gasteiger partial charge in [-0.15, -0.1) is 0 Å². The second kappa shape index (κ2) is 5.36. The monoisotopic (exact) mass is 311 g/mol. The van der Waals surface area contributed by atoms with E-state index in [9.17, 15) is 17.6 Å². The van der Waals surface area contributed by atoms with Gasteiger partial charge in [0.05, 0.1) is 11.6 Å². The number of nitrogens with zero attached hydrogens (tertiary/aromatic N) is 1. The molecule has 0 aliphatic rings. The minimum absolute atomic E-state index is 0.0704. The number of halogens is 5. The van der Waals surface area contributed by atoms with Crippen molar-refractivity contribution < 1.29 is 22.3 Å². The summed E-state index contributed by atoms with van der Waals surface area (Å²) >= 11 is 2.38. The van der Waals surface area contributed by atoms with E-state index in [1.807, 2.05) is 0 Å². The zero-order chi connectivity index (χ0) is 13.1. The molecule has 0 aliphatic carbocycles. The number of benzene rings is 1. The van der Waals surface area contributed by atoms with Crippen LogP contribution in [-0.4, -0.2) is 17.6 Å². The molecule has 0 aliphatic heterocycles. The van der Waals surface area contributed by atoms with E-state index in [0.29, 0.717) is 0 Å². The summed E-state index contributed by atoms with van der Waals surface area (Å²) in [5.41, 5.74) is 0.0704. The standard InChI is InChI=1S/C10H6BrF4NO/c11-9(10(13,14)15)5-17-8-2-1-6(4-16)3-7(8)12/h1-3,9H,5H2. The molecule has 1 aromatic carbocycles. The van der Waals surface area contributed by atoms with Crippen LogP contribution in [0.3, 0.4) is 0 Å². The summed E-state index contributed by atoms with van der Waals surface area (Å²) in [6.45, 7) is -0.744. The molecule has 0 saturated heterocycles. The van der Waals surface area contributed by atoms with Gasteiger partial charge in [-0.2, -0.15) is 18.4 Å². The van der Waals surface area contributed by atoms with E-state index in [4.69, 9.17) is 5.26 Å². The molecule has 0 bridgehead atoms. The third-order valence-corrected chi connectivity index (χ3v) is 2.58. The predicted octanol–water partition coefficient (Wildman–Crippen LogP) is 3.40. The van der Waals surface area contributed by atoms with Crippen molar-refractivity contribution in [1.29, 1.82) is 5.26 Å². The fourth-order valence-electron chi connectivity index (χ4n) is 0.945. The normalized spacial score (nSPS) is 12.9. The van der Waals surface area contributed by atoms with Crippen molar-refractivity contribution in [2.75, 3.05) is 6.61 Å². The first kappa shape index (κ1) is 13.8. The lowest BCUT2D eigenvalue weighted by molar-refractivity contribution is -0.132. The maximum atomic E-state index is 13.2. The molecule has 0 aromatic heterocycles. The second-order valence-corrected chi connectivity index (χ2v) is 4.18. The van der Waals surface area contributed by atoms with Crippen LogP contribution >= 0.6 is 15.9 Å². The number of rotatable bonds is 3. The first-order valence-corrected chi connectivity index (χ1v) is 5.29. The van der Waals surface area contributed by atoms with Crippen LogP contribution < -0.4 is 4.74 Å². The summed E-state index contributed by atoms with van der Waals surface area (Å²) in [4.78, 5) is -1.87. The van der Waals surface area contributed by atoms with E-state index in [2.05, 4.69) is 20.7 Å². The SMILES string of the molecule is N#Cc1ccc(OCC(Br)C(F)(F)F)c(F)c1. The highest BCUT2D eigenvalue weighted by Gasteiger charge is 2.38. The molecule has 1 unspecified atom stereocenters. The van der Waals surface area contributed by atoms with Crippen LogP contribution in [0.1, 0.15) is 5.56 Å². The Kier molecular flexibility index (Phi) is 4.34. The van der Waals surface area contributed by atoms with Gasteiger partial charge in [0.2, 0.25) is 0 Å². The van der Waals surface area contributed by atoms with E-state index < -0.39 is 23.4 Å². The van der Waals surface area contributed by atoms with Gasteiger partial charge in [-0.25, -0.2) is 4.39 Å². The minimum Gasteiger partial charge on any atom is -0.489 e. The van der Waals surface area contributed by atoms with Crippen molar-refractivity contribution in [1.82, 2.24) is 0 Å². The highest BCUT2D eigenvalue weighted by atomic mass is 79.9. The number of hydrogen-bond acceptors (Lipinski definition) is 2. The van der Waals surface area contributed by atoms with Crippen LogP contribution in [0, 0.1) is 17.1 Å². The van der Waals surface area contributed by atoms with Gasteiger partial charge in [-0.3, -0.25) is 0 Å². The third kappa shape index (κ3) is 3.89. The molecule has 0 fully saturated rings. The molecule has 92 valence electrons. The maximum Gasteiger partial charge on any atom is 0.404 e. The molecule has 1 aromatic rings. The molecule has 1 atom stereocenters. The van der Waals surface area contributed by atoms with Gasteiger partial charge >= 0.3 is 6.18 Å². The quantitative estimate of drug-likeness (QED) is 0.633. The number of ether oxygens (including phenoxy) is 1. The molecular formula is C10H6BrF4NO. The minimum atomic E-state index is -4.46. The summed E-state index contributed by atoms with van der Waals surface area (Å²) in [6, 6.07) is 4.97. The van der Waals surface area contributed by atoms with Gasteiger partial charge in [0, 0.05) is 0 Å². The first-order valence-electron chi connectivity index (χ1n) is 4.38. The van der Waals surface area contributed by atoms with Gasteiger partial charge in [-0.1, -0.05) is 15.9 Å². The molecule has 0 saturated carbocycles. The molecular weight excluding hydrogens is 306 g/mol. The highest BCUT2D eigenvalue weighted by molar-refractivity contribution is 9.09. The van der Waals surface area contributed by atoms with E-state index >= 15 is 0 Å². The Balaban J connectivity index is 2.68. The Hall–Kier alpha value is -1.29. The Labute approximate surface area is 103 Å². The predicted molar refractivity (Wildman–Crippen MR) is 55.4 cm³/mol. The first-order chi connectivity index (χ1) is 7.84. The Morgan fingerprint density at radius 2 is 2.06 bits per heavy atom. The smallest absolute Gasteiger partial charge is 0.404 e. The summed E-state index contributed by atoms with van der Waals surface area (Å²) in [6.07, 6.45) is -4.46. The lowest BCUT2D eigenvalue weighted by Gasteiger charge is -2.15. The number of hydrogen-bond donors (Lipinski definition) is 0. The van der Waals surface area contributed by atoms with Crippen molar-refractivity contribution in [3.8, 4) is 11.8 Å². The van der Waals surface area contributed by atoms with Gasteiger partial charge in [-0.05, 0) is 18.2 Å². The zero-order valence-corrected chi connectivity index (χ0v) is 9.85. The average Bonchev–Trinajstić information content (AvgIpc) is 2.25. The number of alkyl halides is 4. The highest BCUT2D eigenvalue weighted by Crippen LogP contribution is 2.27. The molecule has 2 nitrogen and oxygen atoms in total. The van der Waals surface area contributed by atoms with E-state index in [1.165, 1.54) is 6.07 Å². The van der Waals surface area contributed by atoms with Crippen LogP contribution in [0.25, 0.3) is 0 Å². The maximum absolute atomic E-state index is 13.2.